The number of carbonyl (C=O) groups is 1. The number of nitrogens with one attached hydrogen (secondary N) is 1. The van der Waals surface area contributed by atoms with Crippen LogP contribution in [0.4, 0.5) is 4.39 Å². The monoisotopic (exact) mass is 361 g/mol. The molecule has 2 nitrogen and oxygen atoms in total. The van der Waals surface area contributed by atoms with Crippen LogP contribution in [0.5, 0.6) is 0 Å². The summed E-state index contributed by atoms with van der Waals surface area (Å²) in [7, 11) is 0. The van der Waals surface area contributed by atoms with Gasteiger partial charge >= 0.3 is 0 Å². The fourth-order valence-electron chi connectivity index (χ4n) is 2.57. The van der Waals surface area contributed by atoms with Gasteiger partial charge in [-0.25, -0.2) is 4.39 Å². The fourth-order valence-corrected chi connectivity index (χ4v) is 3.10. The summed E-state index contributed by atoms with van der Waals surface area (Å²) in [5.41, 5.74) is 2.78. The second-order valence-electron chi connectivity index (χ2n) is 5.82. The van der Waals surface area contributed by atoms with E-state index in [-0.39, 0.29) is 17.8 Å². The highest BCUT2D eigenvalue weighted by Gasteiger charge is 2.33. The van der Waals surface area contributed by atoms with E-state index in [1.54, 1.807) is 0 Å². The summed E-state index contributed by atoms with van der Waals surface area (Å²) in [6, 6.07) is 12.4. The predicted molar refractivity (Wildman–Crippen MR) is 88.2 cm³/mol. The number of aryl methyl sites for hydroxylation is 1. The molecule has 0 saturated heterocycles. The van der Waals surface area contributed by atoms with Gasteiger partial charge in [-0.3, -0.25) is 4.79 Å². The van der Waals surface area contributed by atoms with Crippen LogP contribution in [0.2, 0.25) is 0 Å². The number of hydrogen-bond acceptors (Lipinski definition) is 1. The van der Waals surface area contributed by atoms with Crippen molar-refractivity contribution in [2.75, 3.05) is 0 Å². The van der Waals surface area contributed by atoms with Gasteiger partial charge in [-0.05, 0) is 65.4 Å². The second kappa shape index (κ2) is 6.21. The topological polar surface area (TPSA) is 29.1 Å². The van der Waals surface area contributed by atoms with Crippen molar-refractivity contribution >= 4 is 21.8 Å². The maximum atomic E-state index is 13.2. The van der Waals surface area contributed by atoms with E-state index < -0.39 is 0 Å². The molecule has 0 aliphatic heterocycles. The maximum Gasteiger partial charge on any atom is 0.252 e. The first kappa shape index (κ1) is 15.2. The highest BCUT2D eigenvalue weighted by atomic mass is 79.9. The highest BCUT2D eigenvalue weighted by Crippen LogP contribution is 2.41. The fraction of sp³-hybridized carbons (Fsp3) is 0.278. The molecule has 0 spiro atoms. The van der Waals surface area contributed by atoms with Gasteiger partial charge in [0.2, 0.25) is 0 Å². The largest absolute Gasteiger partial charge is 0.345 e. The third-order valence-corrected chi connectivity index (χ3v) is 4.65. The van der Waals surface area contributed by atoms with Crippen molar-refractivity contribution in [2.45, 2.75) is 25.8 Å². The Balaban J connectivity index is 1.82. The van der Waals surface area contributed by atoms with Crippen molar-refractivity contribution in [3.63, 3.8) is 0 Å². The standard InChI is InChI=1S/C18H17BrFNO/c1-11-2-4-12(5-3-11)17(13-6-7-13)21-18(22)15-9-8-14(20)10-16(15)19/h2-5,8-10,13,17H,6-7H2,1H3,(H,21,22). The molecule has 114 valence electrons. The Morgan fingerprint density at radius 3 is 2.50 bits per heavy atom. The highest BCUT2D eigenvalue weighted by molar-refractivity contribution is 9.10. The Kier molecular flexibility index (Phi) is 4.30. The predicted octanol–water partition coefficient (Wildman–Crippen LogP) is 4.78. The van der Waals surface area contributed by atoms with E-state index in [2.05, 4.69) is 45.5 Å². The minimum atomic E-state index is -0.360. The summed E-state index contributed by atoms with van der Waals surface area (Å²) in [6.07, 6.45) is 2.26. The summed E-state index contributed by atoms with van der Waals surface area (Å²) in [5.74, 6) is -0.0454. The number of rotatable bonds is 4. The molecule has 1 N–H and O–H groups in total. The minimum Gasteiger partial charge on any atom is -0.345 e. The zero-order chi connectivity index (χ0) is 15.7. The summed E-state index contributed by atoms with van der Waals surface area (Å²) >= 11 is 3.26. The molecule has 0 bridgehead atoms. The maximum absolute atomic E-state index is 13.2. The minimum absolute atomic E-state index is 0.0186. The summed E-state index contributed by atoms with van der Waals surface area (Å²) in [4.78, 5) is 12.5. The molecule has 22 heavy (non-hydrogen) atoms. The van der Waals surface area contributed by atoms with E-state index in [0.717, 1.165) is 18.4 Å². The summed E-state index contributed by atoms with van der Waals surface area (Å²) in [6.45, 7) is 2.05. The Morgan fingerprint density at radius 2 is 1.91 bits per heavy atom. The van der Waals surface area contributed by atoms with Crippen molar-refractivity contribution in [3.05, 3.63) is 69.4 Å². The van der Waals surface area contributed by atoms with Crippen LogP contribution in [0.15, 0.2) is 46.9 Å². The molecule has 0 heterocycles. The first-order chi connectivity index (χ1) is 10.5. The van der Waals surface area contributed by atoms with Crippen LogP contribution in [-0.4, -0.2) is 5.91 Å². The Bertz CT molecular complexity index is 695. The quantitative estimate of drug-likeness (QED) is 0.834. The molecular formula is C18H17BrFNO. The second-order valence-corrected chi connectivity index (χ2v) is 6.68. The van der Waals surface area contributed by atoms with Gasteiger partial charge in [-0.15, -0.1) is 0 Å². The van der Waals surface area contributed by atoms with Crippen molar-refractivity contribution in [1.82, 2.24) is 5.32 Å². The van der Waals surface area contributed by atoms with E-state index in [0.29, 0.717) is 16.0 Å². The van der Waals surface area contributed by atoms with Gasteiger partial charge in [0.25, 0.3) is 5.91 Å². The van der Waals surface area contributed by atoms with Gasteiger partial charge in [0.05, 0.1) is 11.6 Å². The smallest absolute Gasteiger partial charge is 0.252 e. The van der Waals surface area contributed by atoms with Crippen LogP contribution in [0, 0.1) is 18.7 Å². The molecular weight excluding hydrogens is 345 g/mol. The third kappa shape index (κ3) is 3.38. The van der Waals surface area contributed by atoms with Gasteiger partial charge < -0.3 is 5.32 Å². The van der Waals surface area contributed by atoms with Crippen molar-refractivity contribution in [2.24, 2.45) is 5.92 Å². The molecule has 1 saturated carbocycles. The third-order valence-electron chi connectivity index (χ3n) is 3.99. The van der Waals surface area contributed by atoms with Gasteiger partial charge in [-0.2, -0.15) is 0 Å². The Labute approximate surface area is 137 Å². The van der Waals surface area contributed by atoms with Gasteiger partial charge in [-0.1, -0.05) is 29.8 Å². The van der Waals surface area contributed by atoms with E-state index in [9.17, 15) is 9.18 Å². The average Bonchev–Trinajstić information content (AvgIpc) is 3.30. The van der Waals surface area contributed by atoms with Crippen LogP contribution in [0.3, 0.4) is 0 Å². The molecule has 0 aromatic heterocycles. The normalized spacial score (nSPS) is 15.4. The first-order valence-corrected chi connectivity index (χ1v) is 8.16. The molecule has 2 aromatic rings. The first-order valence-electron chi connectivity index (χ1n) is 7.37. The lowest BCUT2D eigenvalue weighted by Gasteiger charge is -2.19. The van der Waals surface area contributed by atoms with Gasteiger partial charge in [0.15, 0.2) is 0 Å². The van der Waals surface area contributed by atoms with Crippen molar-refractivity contribution in [1.29, 1.82) is 0 Å². The van der Waals surface area contributed by atoms with Crippen LogP contribution < -0.4 is 5.32 Å². The average molecular weight is 362 g/mol. The van der Waals surface area contributed by atoms with Gasteiger partial charge in [0.1, 0.15) is 5.82 Å². The SMILES string of the molecule is Cc1ccc(C(NC(=O)c2ccc(F)cc2Br)C2CC2)cc1. The summed E-state index contributed by atoms with van der Waals surface area (Å²) < 4.78 is 13.6. The Hall–Kier alpha value is -1.68. The van der Waals surface area contributed by atoms with Crippen LogP contribution in [0.1, 0.15) is 40.4 Å². The molecule has 1 atom stereocenters. The number of halogens is 2. The van der Waals surface area contributed by atoms with Crippen molar-refractivity contribution < 1.29 is 9.18 Å². The van der Waals surface area contributed by atoms with E-state index in [1.165, 1.54) is 23.8 Å². The lowest BCUT2D eigenvalue weighted by Crippen LogP contribution is -2.30. The molecule has 0 radical (unpaired) electrons. The number of amides is 1. The summed E-state index contributed by atoms with van der Waals surface area (Å²) in [5, 5.41) is 3.10. The number of benzene rings is 2. The van der Waals surface area contributed by atoms with Crippen LogP contribution >= 0.6 is 15.9 Å². The van der Waals surface area contributed by atoms with E-state index in [4.69, 9.17) is 0 Å². The Morgan fingerprint density at radius 1 is 1.23 bits per heavy atom. The zero-order valence-electron chi connectivity index (χ0n) is 12.3. The lowest BCUT2D eigenvalue weighted by molar-refractivity contribution is 0.0931. The molecule has 2 aromatic carbocycles. The molecule has 1 fully saturated rings. The number of carbonyl (C=O) groups excluding carboxylic acids is 1. The molecule has 1 unspecified atom stereocenters. The van der Waals surface area contributed by atoms with E-state index >= 15 is 0 Å². The van der Waals surface area contributed by atoms with Crippen LogP contribution in [0.25, 0.3) is 0 Å². The molecule has 1 aliphatic carbocycles. The van der Waals surface area contributed by atoms with Crippen molar-refractivity contribution in [3.8, 4) is 0 Å². The van der Waals surface area contributed by atoms with Gasteiger partial charge in [0, 0.05) is 4.47 Å². The molecule has 4 heteroatoms. The molecule has 3 rings (SSSR count). The molecule has 1 amide bonds. The molecule has 1 aliphatic rings. The lowest BCUT2D eigenvalue weighted by atomic mass is 10.0. The number of hydrogen-bond donors (Lipinski definition) is 1. The van der Waals surface area contributed by atoms with Crippen LogP contribution in [-0.2, 0) is 0 Å². The van der Waals surface area contributed by atoms with E-state index in [1.807, 2.05) is 6.92 Å². The zero-order valence-corrected chi connectivity index (χ0v) is 13.9.